The molecule has 5 heteroatoms. The van der Waals surface area contributed by atoms with Crippen molar-refractivity contribution in [2.75, 3.05) is 31.2 Å². The molecular formula is C14H17N3O2. The summed E-state index contributed by atoms with van der Waals surface area (Å²) >= 11 is 0. The molecule has 3 rings (SSSR count). The van der Waals surface area contributed by atoms with Crippen LogP contribution in [0.5, 0.6) is 0 Å². The fraction of sp³-hybridized carbons (Fsp3) is 0.357. The van der Waals surface area contributed by atoms with E-state index < -0.39 is 0 Å². The second-order valence-electron chi connectivity index (χ2n) is 4.66. The van der Waals surface area contributed by atoms with E-state index in [1.54, 1.807) is 0 Å². The molecule has 1 N–H and O–H groups in total. The van der Waals surface area contributed by atoms with Crippen LogP contribution in [0, 0.1) is 0 Å². The lowest BCUT2D eigenvalue weighted by molar-refractivity contribution is 0.122. The zero-order chi connectivity index (χ0) is 13.2. The molecule has 0 radical (unpaired) electrons. The molecule has 19 heavy (non-hydrogen) atoms. The van der Waals surface area contributed by atoms with Crippen LogP contribution in [0.2, 0.25) is 0 Å². The highest BCUT2D eigenvalue weighted by Gasteiger charge is 2.21. The van der Waals surface area contributed by atoms with Crippen LogP contribution in [0.3, 0.4) is 0 Å². The predicted octanol–water partition coefficient (Wildman–Crippen LogP) is 1.82. The second-order valence-corrected chi connectivity index (χ2v) is 4.66. The maximum Gasteiger partial charge on any atom is 0.118 e. The molecule has 0 unspecified atom stereocenters. The average molecular weight is 259 g/mol. The minimum Gasteiger partial charge on any atom is -0.411 e. The van der Waals surface area contributed by atoms with Gasteiger partial charge in [0.2, 0.25) is 0 Å². The maximum atomic E-state index is 8.93. The van der Waals surface area contributed by atoms with E-state index in [9.17, 15) is 0 Å². The Bertz CT molecular complexity index is 612. The summed E-state index contributed by atoms with van der Waals surface area (Å²) < 4.78 is 7.55. The average Bonchev–Trinajstić information content (AvgIpc) is 2.74. The van der Waals surface area contributed by atoms with Gasteiger partial charge in [-0.3, -0.25) is 0 Å². The molecule has 0 saturated carbocycles. The van der Waals surface area contributed by atoms with Crippen LogP contribution < -0.4 is 4.90 Å². The number of anilines is 1. The third-order valence-electron chi connectivity index (χ3n) is 3.61. The highest BCUT2D eigenvalue weighted by Crippen LogP contribution is 2.31. The van der Waals surface area contributed by atoms with E-state index in [1.165, 1.54) is 6.21 Å². The molecule has 1 fully saturated rings. The Labute approximate surface area is 111 Å². The topological polar surface area (TPSA) is 50.0 Å². The Kier molecular flexibility index (Phi) is 3.13. The molecule has 1 saturated heterocycles. The van der Waals surface area contributed by atoms with E-state index in [2.05, 4.69) is 26.8 Å². The van der Waals surface area contributed by atoms with E-state index in [-0.39, 0.29) is 0 Å². The van der Waals surface area contributed by atoms with Crippen LogP contribution in [0.1, 0.15) is 5.56 Å². The minimum absolute atomic E-state index is 0.733. The van der Waals surface area contributed by atoms with Crippen molar-refractivity contribution in [3.8, 4) is 0 Å². The first-order valence-corrected chi connectivity index (χ1v) is 6.40. The first-order chi connectivity index (χ1) is 9.33. The van der Waals surface area contributed by atoms with Gasteiger partial charge in [-0.25, -0.2) is 0 Å². The second kappa shape index (κ2) is 4.93. The number of benzene rings is 1. The summed E-state index contributed by atoms with van der Waals surface area (Å²) in [6.07, 6.45) is 1.52. The standard InChI is InChI=1S/C14H17N3O2/c1-16-13-5-3-2-4-11(13)12(10-15-18)14(16)17-6-8-19-9-7-17/h2-5,10,18H,6-9H2,1H3/b15-10+. The number of aromatic nitrogens is 1. The van der Waals surface area contributed by atoms with Gasteiger partial charge in [-0.1, -0.05) is 23.4 Å². The van der Waals surface area contributed by atoms with E-state index in [1.807, 2.05) is 19.2 Å². The molecule has 0 atom stereocenters. The van der Waals surface area contributed by atoms with Gasteiger partial charge in [-0.2, -0.15) is 0 Å². The summed E-state index contributed by atoms with van der Waals surface area (Å²) in [4.78, 5) is 2.28. The van der Waals surface area contributed by atoms with Gasteiger partial charge in [-0.05, 0) is 6.07 Å². The van der Waals surface area contributed by atoms with Crippen molar-refractivity contribution >= 4 is 22.9 Å². The molecule has 100 valence electrons. The summed E-state index contributed by atoms with van der Waals surface area (Å²) in [5.74, 6) is 1.09. The normalized spacial score (nSPS) is 16.6. The number of hydrogen-bond donors (Lipinski definition) is 1. The van der Waals surface area contributed by atoms with Crippen molar-refractivity contribution in [2.24, 2.45) is 12.2 Å². The number of para-hydroxylation sites is 1. The number of fused-ring (bicyclic) bond motifs is 1. The van der Waals surface area contributed by atoms with Gasteiger partial charge >= 0.3 is 0 Å². The van der Waals surface area contributed by atoms with Crippen LogP contribution in [0.25, 0.3) is 10.9 Å². The number of oxime groups is 1. The molecule has 5 nitrogen and oxygen atoms in total. The predicted molar refractivity (Wildman–Crippen MR) is 75.3 cm³/mol. The van der Waals surface area contributed by atoms with Gasteiger partial charge in [-0.15, -0.1) is 0 Å². The number of aryl methyl sites for hydroxylation is 1. The van der Waals surface area contributed by atoms with Crippen molar-refractivity contribution in [2.45, 2.75) is 0 Å². The van der Waals surface area contributed by atoms with Gasteiger partial charge in [0.15, 0.2) is 0 Å². The molecule has 0 amide bonds. The Morgan fingerprint density at radius 1 is 1.26 bits per heavy atom. The van der Waals surface area contributed by atoms with Crippen LogP contribution in [0.4, 0.5) is 5.82 Å². The zero-order valence-electron chi connectivity index (χ0n) is 10.9. The molecular weight excluding hydrogens is 242 g/mol. The number of nitrogens with zero attached hydrogens (tertiary/aromatic N) is 3. The Balaban J connectivity index is 2.20. The number of rotatable bonds is 2. The highest BCUT2D eigenvalue weighted by atomic mass is 16.5. The van der Waals surface area contributed by atoms with Crippen LogP contribution in [-0.2, 0) is 11.8 Å². The Hall–Kier alpha value is -2.01. The summed E-state index contributed by atoms with van der Waals surface area (Å²) in [6.45, 7) is 3.18. The quantitative estimate of drug-likeness (QED) is 0.508. The summed E-state index contributed by atoms with van der Waals surface area (Å²) in [5, 5.41) is 13.3. The lowest BCUT2D eigenvalue weighted by Crippen LogP contribution is -2.37. The Morgan fingerprint density at radius 3 is 2.74 bits per heavy atom. The van der Waals surface area contributed by atoms with Crippen molar-refractivity contribution < 1.29 is 9.94 Å². The smallest absolute Gasteiger partial charge is 0.118 e. The lowest BCUT2D eigenvalue weighted by Gasteiger charge is -2.29. The van der Waals surface area contributed by atoms with Crippen molar-refractivity contribution in [3.05, 3.63) is 29.8 Å². The van der Waals surface area contributed by atoms with Gasteiger partial charge in [0.05, 0.1) is 24.9 Å². The Morgan fingerprint density at radius 2 is 2.00 bits per heavy atom. The van der Waals surface area contributed by atoms with Crippen molar-refractivity contribution in [1.29, 1.82) is 0 Å². The molecule has 0 bridgehead atoms. The maximum absolute atomic E-state index is 8.93. The van der Waals surface area contributed by atoms with E-state index in [4.69, 9.17) is 9.94 Å². The molecule has 0 aliphatic carbocycles. The number of ether oxygens (including phenoxy) is 1. The van der Waals surface area contributed by atoms with Crippen molar-refractivity contribution in [3.63, 3.8) is 0 Å². The van der Waals surface area contributed by atoms with E-state index >= 15 is 0 Å². The minimum atomic E-state index is 0.733. The van der Waals surface area contributed by atoms with E-state index in [0.29, 0.717) is 0 Å². The van der Waals surface area contributed by atoms with E-state index in [0.717, 1.165) is 48.6 Å². The third-order valence-corrected chi connectivity index (χ3v) is 3.61. The first kappa shape index (κ1) is 12.0. The monoisotopic (exact) mass is 259 g/mol. The molecule has 1 aliphatic heterocycles. The largest absolute Gasteiger partial charge is 0.411 e. The van der Waals surface area contributed by atoms with Gasteiger partial charge in [0.1, 0.15) is 5.82 Å². The van der Waals surface area contributed by atoms with Crippen molar-refractivity contribution in [1.82, 2.24) is 4.57 Å². The summed E-state index contributed by atoms with van der Waals surface area (Å²) in [6, 6.07) is 8.15. The summed E-state index contributed by atoms with van der Waals surface area (Å²) in [5.41, 5.74) is 2.10. The third kappa shape index (κ3) is 1.96. The number of hydrogen-bond acceptors (Lipinski definition) is 4. The number of morpholine rings is 1. The highest BCUT2D eigenvalue weighted by molar-refractivity contribution is 6.05. The SMILES string of the molecule is Cn1c(N2CCOCC2)c(/C=N/O)c2ccccc21. The van der Waals surface area contributed by atoms with Crippen LogP contribution in [0.15, 0.2) is 29.4 Å². The van der Waals surface area contributed by atoms with Gasteiger partial charge in [0, 0.05) is 31.1 Å². The molecule has 0 spiro atoms. The lowest BCUT2D eigenvalue weighted by atomic mass is 10.1. The van der Waals surface area contributed by atoms with Gasteiger partial charge < -0.3 is 19.4 Å². The summed E-state index contributed by atoms with van der Waals surface area (Å²) in [7, 11) is 2.04. The van der Waals surface area contributed by atoms with Crippen LogP contribution >= 0.6 is 0 Å². The first-order valence-electron chi connectivity index (χ1n) is 6.40. The molecule has 2 heterocycles. The molecule has 1 aromatic carbocycles. The van der Waals surface area contributed by atoms with Crippen LogP contribution in [-0.4, -0.2) is 42.3 Å². The van der Waals surface area contributed by atoms with Gasteiger partial charge in [0.25, 0.3) is 0 Å². The fourth-order valence-electron chi connectivity index (χ4n) is 2.75. The zero-order valence-corrected chi connectivity index (χ0v) is 10.9. The molecule has 1 aromatic heterocycles. The fourth-order valence-corrected chi connectivity index (χ4v) is 2.75. The molecule has 1 aliphatic rings. The molecule has 2 aromatic rings.